The molecule has 0 saturated heterocycles. The first-order chi connectivity index (χ1) is 10.6. The van der Waals surface area contributed by atoms with Gasteiger partial charge in [0.2, 0.25) is 0 Å². The maximum atomic E-state index is 13.5. The van der Waals surface area contributed by atoms with Crippen molar-refractivity contribution in [1.82, 2.24) is 5.32 Å². The lowest BCUT2D eigenvalue weighted by atomic mass is 10.2. The Morgan fingerprint density at radius 2 is 1.77 bits per heavy atom. The molecule has 0 saturated carbocycles. The van der Waals surface area contributed by atoms with Gasteiger partial charge in [-0.2, -0.15) is 0 Å². The molecule has 2 aromatic carbocycles. The maximum absolute atomic E-state index is 13.5. The highest BCUT2D eigenvalue weighted by Crippen LogP contribution is 2.19. The largest absolute Gasteiger partial charge is 0.494 e. The standard InChI is InChI=1S/C16H16F2N2OS/c1-2-21-14-9-4-3-6-11(14)10-19-16(22)20-15-12(17)7-5-8-13(15)18/h3-9H,2,10H2,1H3,(H2,19,20,22). The molecule has 0 spiro atoms. The normalized spacial score (nSPS) is 10.1. The van der Waals surface area contributed by atoms with Crippen LogP contribution in [0.1, 0.15) is 12.5 Å². The van der Waals surface area contributed by atoms with E-state index in [2.05, 4.69) is 10.6 Å². The number of halogens is 2. The second kappa shape index (κ2) is 7.70. The van der Waals surface area contributed by atoms with Gasteiger partial charge in [-0.1, -0.05) is 24.3 Å². The van der Waals surface area contributed by atoms with Gasteiger partial charge in [0, 0.05) is 12.1 Å². The molecular formula is C16H16F2N2OS. The Bertz CT molecular complexity index is 644. The number of para-hydroxylation sites is 2. The Kier molecular flexibility index (Phi) is 5.66. The number of thiocarbonyl (C=S) groups is 1. The lowest BCUT2D eigenvalue weighted by Crippen LogP contribution is -2.28. The summed E-state index contributed by atoms with van der Waals surface area (Å²) in [6.07, 6.45) is 0. The Hall–Kier alpha value is -2.21. The third kappa shape index (κ3) is 4.14. The Balaban J connectivity index is 1.99. The Morgan fingerprint density at radius 3 is 2.45 bits per heavy atom. The van der Waals surface area contributed by atoms with E-state index in [9.17, 15) is 8.78 Å². The van der Waals surface area contributed by atoms with Crippen LogP contribution in [0.5, 0.6) is 5.75 Å². The third-order valence-corrected chi connectivity index (χ3v) is 3.16. The second-order valence-corrected chi connectivity index (χ2v) is 4.85. The molecule has 0 amide bonds. The minimum Gasteiger partial charge on any atom is -0.494 e. The van der Waals surface area contributed by atoms with Gasteiger partial charge in [0.25, 0.3) is 0 Å². The number of nitrogens with one attached hydrogen (secondary N) is 2. The first-order valence-corrected chi connectivity index (χ1v) is 7.22. The van der Waals surface area contributed by atoms with Gasteiger partial charge in [0.05, 0.1) is 6.61 Å². The minimum absolute atomic E-state index is 0.135. The molecule has 0 aliphatic heterocycles. The molecule has 0 bridgehead atoms. The summed E-state index contributed by atoms with van der Waals surface area (Å²) in [6, 6.07) is 11.1. The van der Waals surface area contributed by atoms with Crippen molar-refractivity contribution in [2.45, 2.75) is 13.5 Å². The van der Waals surface area contributed by atoms with Crippen molar-refractivity contribution in [3.8, 4) is 5.75 Å². The molecule has 0 aromatic heterocycles. The van der Waals surface area contributed by atoms with Gasteiger partial charge >= 0.3 is 0 Å². The summed E-state index contributed by atoms with van der Waals surface area (Å²) in [5, 5.41) is 5.57. The SMILES string of the molecule is CCOc1ccccc1CNC(=S)Nc1c(F)cccc1F. The second-order valence-electron chi connectivity index (χ2n) is 4.45. The molecule has 6 heteroatoms. The molecular weight excluding hydrogens is 306 g/mol. The fourth-order valence-electron chi connectivity index (χ4n) is 1.90. The predicted molar refractivity (Wildman–Crippen MR) is 87.0 cm³/mol. The van der Waals surface area contributed by atoms with Crippen LogP contribution in [0.25, 0.3) is 0 Å². The molecule has 116 valence electrons. The van der Waals surface area contributed by atoms with E-state index >= 15 is 0 Å². The first kappa shape index (κ1) is 16.2. The summed E-state index contributed by atoms with van der Waals surface area (Å²) in [7, 11) is 0. The van der Waals surface area contributed by atoms with Gasteiger partial charge in [-0.15, -0.1) is 0 Å². The van der Waals surface area contributed by atoms with E-state index in [1.807, 2.05) is 31.2 Å². The van der Waals surface area contributed by atoms with Crippen molar-refractivity contribution < 1.29 is 13.5 Å². The van der Waals surface area contributed by atoms with Crippen molar-refractivity contribution in [2.24, 2.45) is 0 Å². The topological polar surface area (TPSA) is 33.3 Å². The molecule has 2 aromatic rings. The lowest BCUT2D eigenvalue weighted by molar-refractivity contribution is 0.336. The Labute approximate surface area is 133 Å². The number of hydrogen-bond acceptors (Lipinski definition) is 2. The van der Waals surface area contributed by atoms with Crippen LogP contribution in [-0.2, 0) is 6.54 Å². The smallest absolute Gasteiger partial charge is 0.171 e. The van der Waals surface area contributed by atoms with Crippen LogP contribution < -0.4 is 15.4 Å². The van der Waals surface area contributed by atoms with Crippen LogP contribution >= 0.6 is 12.2 Å². The third-order valence-electron chi connectivity index (χ3n) is 2.91. The van der Waals surface area contributed by atoms with Crippen LogP contribution in [0.4, 0.5) is 14.5 Å². The summed E-state index contributed by atoms with van der Waals surface area (Å²) >= 11 is 5.07. The quantitative estimate of drug-likeness (QED) is 0.819. The molecule has 0 fully saturated rings. The van der Waals surface area contributed by atoms with Crippen LogP contribution in [0.3, 0.4) is 0 Å². The molecule has 0 aliphatic rings. The molecule has 0 radical (unpaired) electrons. The number of ether oxygens (including phenoxy) is 1. The van der Waals surface area contributed by atoms with Gasteiger partial charge in [-0.25, -0.2) is 8.78 Å². The summed E-state index contributed by atoms with van der Waals surface area (Å²) in [5.74, 6) is -0.643. The number of hydrogen-bond donors (Lipinski definition) is 2. The molecule has 2 N–H and O–H groups in total. The predicted octanol–water partition coefficient (Wildman–Crippen LogP) is 3.85. The van der Waals surface area contributed by atoms with Crippen molar-refractivity contribution in [2.75, 3.05) is 11.9 Å². The summed E-state index contributed by atoms with van der Waals surface area (Å²) in [6.45, 7) is 2.84. The van der Waals surface area contributed by atoms with E-state index in [-0.39, 0.29) is 10.8 Å². The molecule has 0 heterocycles. The highest BCUT2D eigenvalue weighted by molar-refractivity contribution is 7.80. The minimum atomic E-state index is -0.695. The van der Waals surface area contributed by atoms with E-state index in [0.717, 1.165) is 11.3 Å². The van der Waals surface area contributed by atoms with Crippen LogP contribution in [-0.4, -0.2) is 11.7 Å². The summed E-state index contributed by atoms with van der Waals surface area (Å²) < 4.78 is 32.6. The van der Waals surface area contributed by atoms with Crippen LogP contribution in [0.15, 0.2) is 42.5 Å². The van der Waals surface area contributed by atoms with Crippen LogP contribution in [0, 0.1) is 11.6 Å². The van der Waals surface area contributed by atoms with Gasteiger partial charge in [-0.05, 0) is 37.3 Å². The van der Waals surface area contributed by atoms with Gasteiger partial charge in [0.1, 0.15) is 23.1 Å². The van der Waals surface area contributed by atoms with Crippen molar-refractivity contribution in [1.29, 1.82) is 0 Å². The fraction of sp³-hybridized carbons (Fsp3) is 0.188. The number of benzene rings is 2. The van der Waals surface area contributed by atoms with Crippen molar-refractivity contribution in [3.05, 3.63) is 59.7 Å². The average molecular weight is 322 g/mol. The van der Waals surface area contributed by atoms with E-state index in [4.69, 9.17) is 17.0 Å². The zero-order chi connectivity index (χ0) is 15.9. The fourth-order valence-corrected chi connectivity index (χ4v) is 2.07. The van der Waals surface area contributed by atoms with Crippen molar-refractivity contribution >= 4 is 23.0 Å². The zero-order valence-electron chi connectivity index (χ0n) is 12.0. The van der Waals surface area contributed by atoms with E-state index in [1.165, 1.54) is 18.2 Å². The lowest BCUT2D eigenvalue weighted by Gasteiger charge is -2.14. The van der Waals surface area contributed by atoms with E-state index in [0.29, 0.717) is 13.2 Å². The van der Waals surface area contributed by atoms with Crippen LogP contribution in [0.2, 0.25) is 0 Å². The first-order valence-electron chi connectivity index (χ1n) is 6.81. The summed E-state index contributed by atoms with van der Waals surface area (Å²) in [5.41, 5.74) is 0.639. The Morgan fingerprint density at radius 1 is 1.09 bits per heavy atom. The molecule has 0 unspecified atom stereocenters. The average Bonchev–Trinajstić information content (AvgIpc) is 2.50. The molecule has 3 nitrogen and oxygen atoms in total. The van der Waals surface area contributed by atoms with Gasteiger partial charge < -0.3 is 15.4 Å². The van der Waals surface area contributed by atoms with Gasteiger partial charge in [0.15, 0.2) is 5.11 Å². The number of rotatable bonds is 5. The van der Waals surface area contributed by atoms with E-state index < -0.39 is 11.6 Å². The van der Waals surface area contributed by atoms with Crippen molar-refractivity contribution in [3.63, 3.8) is 0 Å². The number of anilines is 1. The molecule has 22 heavy (non-hydrogen) atoms. The van der Waals surface area contributed by atoms with Gasteiger partial charge in [-0.3, -0.25) is 0 Å². The van der Waals surface area contributed by atoms with E-state index in [1.54, 1.807) is 0 Å². The highest BCUT2D eigenvalue weighted by atomic mass is 32.1. The monoisotopic (exact) mass is 322 g/mol. The highest BCUT2D eigenvalue weighted by Gasteiger charge is 2.10. The summed E-state index contributed by atoms with van der Waals surface area (Å²) in [4.78, 5) is 0. The molecule has 2 rings (SSSR count). The zero-order valence-corrected chi connectivity index (χ0v) is 12.8. The molecule has 0 atom stereocenters. The maximum Gasteiger partial charge on any atom is 0.171 e. The molecule has 0 aliphatic carbocycles.